The predicted molar refractivity (Wildman–Crippen MR) is 195 cm³/mol. The summed E-state index contributed by atoms with van der Waals surface area (Å²) in [5.41, 5.74) is 4.70. The molecule has 2 heterocycles. The number of rotatable bonds is 14. The van der Waals surface area contributed by atoms with E-state index in [4.69, 9.17) is 5.11 Å². The minimum atomic E-state index is -1.05. The van der Waals surface area contributed by atoms with Crippen molar-refractivity contribution in [3.05, 3.63) is 83.9 Å². The Labute approximate surface area is 302 Å². The number of aromatic nitrogens is 4. The van der Waals surface area contributed by atoms with E-state index in [9.17, 15) is 19.2 Å². The van der Waals surface area contributed by atoms with Crippen LogP contribution in [0.25, 0.3) is 22.5 Å². The van der Waals surface area contributed by atoms with Gasteiger partial charge in [-0.15, -0.1) is 10.2 Å². The van der Waals surface area contributed by atoms with Crippen LogP contribution in [-0.4, -0.2) is 93.2 Å². The number of tetrazole rings is 1. The van der Waals surface area contributed by atoms with Crippen LogP contribution in [0.4, 0.5) is 10.5 Å². The number of nitrogens with zero attached hydrogens (tertiary/aromatic N) is 4. The first-order valence-corrected chi connectivity index (χ1v) is 17.9. The van der Waals surface area contributed by atoms with Gasteiger partial charge in [0.05, 0.1) is 0 Å². The molecule has 4 aromatic rings. The molecule has 2 aliphatic rings. The standard InChI is InChI=1S/C38H45N9O5/c48-35(39-19-22-47-20-1-2-21-47)30-13-11-28(12-14-30)27-7-3-25(4-8-27)23-33(42-36(49)31-9-5-26(6-10-31)24-40-38(51)52)37(50)41-32-17-15-29(16-18-32)34-43-45-46-44-34/h3-4,7-8,11-18,26,31,33,40H,1-2,5-6,9-10,19-24H2,(H,39,48)(H,41,50)(H,42,49)(H,51,52)(H,43,44,45,46)/t26?,31?,33-/m0/s1. The van der Waals surface area contributed by atoms with Crippen molar-refractivity contribution >= 4 is 29.5 Å². The number of carbonyl (C=O) groups excluding carboxylic acids is 3. The van der Waals surface area contributed by atoms with Crippen molar-refractivity contribution in [1.82, 2.24) is 41.5 Å². The largest absolute Gasteiger partial charge is 0.465 e. The molecular weight excluding hydrogens is 662 g/mol. The second kappa shape index (κ2) is 17.5. The summed E-state index contributed by atoms with van der Waals surface area (Å²) < 4.78 is 0. The molecule has 2 fully saturated rings. The molecule has 1 saturated carbocycles. The van der Waals surface area contributed by atoms with Gasteiger partial charge in [0.2, 0.25) is 17.6 Å². The number of hydrogen-bond donors (Lipinski definition) is 6. The second-order valence-electron chi connectivity index (χ2n) is 13.5. The topological polar surface area (TPSA) is 194 Å². The van der Waals surface area contributed by atoms with Crippen molar-refractivity contribution in [1.29, 1.82) is 0 Å². The fourth-order valence-electron chi connectivity index (χ4n) is 6.89. The highest BCUT2D eigenvalue weighted by Crippen LogP contribution is 2.29. The summed E-state index contributed by atoms with van der Waals surface area (Å²) in [5.74, 6) is -0.259. The Kier molecular flexibility index (Phi) is 12.2. The van der Waals surface area contributed by atoms with Crippen LogP contribution in [0.5, 0.6) is 0 Å². The average molecular weight is 708 g/mol. The van der Waals surface area contributed by atoms with Gasteiger partial charge in [0.25, 0.3) is 5.91 Å². The van der Waals surface area contributed by atoms with Crippen LogP contribution >= 0.6 is 0 Å². The molecule has 14 nitrogen and oxygen atoms in total. The van der Waals surface area contributed by atoms with Crippen molar-refractivity contribution < 1.29 is 24.3 Å². The monoisotopic (exact) mass is 707 g/mol. The molecule has 52 heavy (non-hydrogen) atoms. The highest BCUT2D eigenvalue weighted by atomic mass is 16.4. The third-order valence-corrected chi connectivity index (χ3v) is 9.93. The maximum Gasteiger partial charge on any atom is 0.404 e. The Morgan fingerprint density at radius 2 is 1.48 bits per heavy atom. The van der Waals surface area contributed by atoms with Crippen molar-refractivity contribution in [3.63, 3.8) is 0 Å². The molecule has 272 valence electrons. The van der Waals surface area contributed by atoms with Gasteiger partial charge in [-0.2, -0.15) is 5.21 Å². The predicted octanol–water partition coefficient (Wildman–Crippen LogP) is 4.10. The number of aromatic amines is 1. The zero-order valence-corrected chi connectivity index (χ0v) is 29.0. The van der Waals surface area contributed by atoms with Crippen LogP contribution in [0, 0.1) is 11.8 Å². The summed E-state index contributed by atoms with van der Waals surface area (Å²) in [6.45, 7) is 4.07. The number of carboxylic acid groups (broad SMARTS) is 1. The zero-order valence-electron chi connectivity index (χ0n) is 29.0. The number of likely N-dealkylation sites (tertiary alicyclic amines) is 1. The first-order chi connectivity index (χ1) is 25.3. The van der Waals surface area contributed by atoms with Crippen molar-refractivity contribution in [3.8, 4) is 22.5 Å². The number of nitrogens with one attached hydrogen (secondary N) is 5. The maximum atomic E-state index is 13.7. The smallest absolute Gasteiger partial charge is 0.404 e. The third kappa shape index (κ3) is 10.00. The normalized spacial score (nSPS) is 17.9. The van der Waals surface area contributed by atoms with E-state index in [0.717, 1.165) is 54.7 Å². The third-order valence-electron chi connectivity index (χ3n) is 9.93. The first-order valence-electron chi connectivity index (χ1n) is 17.9. The zero-order chi connectivity index (χ0) is 36.3. The maximum absolute atomic E-state index is 13.7. The van der Waals surface area contributed by atoms with Crippen LogP contribution < -0.4 is 21.3 Å². The van der Waals surface area contributed by atoms with E-state index in [-0.39, 0.29) is 36.0 Å². The fourth-order valence-corrected chi connectivity index (χ4v) is 6.89. The van der Waals surface area contributed by atoms with E-state index in [1.807, 2.05) is 48.5 Å². The van der Waals surface area contributed by atoms with Crippen molar-refractivity contribution in [2.45, 2.75) is 51.0 Å². The highest BCUT2D eigenvalue weighted by molar-refractivity contribution is 5.98. The Morgan fingerprint density at radius 1 is 0.827 bits per heavy atom. The summed E-state index contributed by atoms with van der Waals surface area (Å²) in [6, 6.07) is 21.5. The Balaban J connectivity index is 1.08. The summed E-state index contributed by atoms with van der Waals surface area (Å²) in [5, 5.41) is 34.3. The van der Waals surface area contributed by atoms with E-state index < -0.39 is 12.1 Å². The number of benzene rings is 3. The summed E-state index contributed by atoms with van der Waals surface area (Å²) in [7, 11) is 0. The average Bonchev–Trinajstić information content (AvgIpc) is 3.90. The fraction of sp³-hybridized carbons (Fsp3) is 0.395. The molecule has 4 amide bonds. The van der Waals surface area contributed by atoms with E-state index in [1.165, 1.54) is 12.8 Å². The minimum absolute atomic E-state index is 0.0846. The molecule has 3 aromatic carbocycles. The minimum Gasteiger partial charge on any atom is -0.465 e. The molecule has 14 heteroatoms. The molecule has 1 atom stereocenters. The Hall–Kier alpha value is -5.63. The molecule has 6 rings (SSSR count). The molecule has 6 N–H and O–H groups in total. The van der Waals surface area contributed by atoms with E-state index in [2.05, 4.69) is 46.8 Å². The molecule has 0 radical (unpaired) electrons. The van der Waals surface area contributed by atoms with Gasteiger partial charge in [-0.1, -0.05) is 36.4 Å². The van der Waals surface area contributed by atoms with Gasteiger partial charge in [0.1, 0.15) is 6.04 Å². The SMILES string of the molecule is O=C(O)NCC1CCC(C(=O)N[C@@H](Cc2ccc(-c3ccc(C(=O)NCCN4CCCC4)cc3)cc2)C(=O)Nc2ccc(-c3nn[nH]n3)cc2)CC1. The van der Waals surface area contributed by atoms with Crippen LogP contribution in [0.3, 0.4) is 0 Å². The molecule has 0 bridgehead atoms. The Bertz CT molecular complexity index is 1780. The number of hydrogen-bond acceptors (Lipinski definition) is 8. The van der Waals surface area contributed by atoms with Gasteiger partial charge >= 0.3 is 6.09 Å². The number of amides is 4. The molecular formula is C38H45N9O5. The van der Waals surface area contributed by atoms with Gasteiger partial charge in [0.15, 0.2) is 0 Å². The quantitative estimate of drug-likeness (QED) is 0.112. The van der Waals surface area contributed by atoms with Crippen LogP contribution in [0.1, 0.15) is 54.4 Å². The lowest BCUT2D eigenvalue weighted by Gasteiger charge is -2.29. The van der Waals surface area contributed by atoms with Gasteiger partial charge in [-0.05, 0) is 116 Å². The van der Waals surface area contributed by atoms with E-state index in [1.54, 1.807) is 24.3 Å². The van der Waals surface area contributed by atoms with E-state index >= 15 is 0 Å². The Morgan fingerprint density at radius 3 is 2.12 bits per heavy atom. The first kappa shape index (κ1) is 36.2. The van der Waals surface area contributed by atoms with Crippen LogP contribution in [0.15, 0.2) is 72.8 Å². The lowest BCUT2D eigenvalue weighted by Crippen LogP contribution is -2.48. The van der Waals surface area contributed by atoms with Crippen molar-refractivity contribution in [2.24, 2.45) is 11.8 Å². The van der Waals surface area contributed by atoms with Gasteiger partial charge in [-0.25, -0.2) is 4.79 Å². The molecule has 1 saturated heterocycles. The summed E-state index contributed by atoms with van der Waals surface area (Å²) >= 11 is 0. The molecule has 1 aliphatic carbocycles. The highest BCUT2D eigenvalue weighted by Gasteiger charge is 2.30. The summed E-state index contributed by atoms with van der Waals surface area (Å²) in [4.78, 5) is 53.1. The van der Waals surface area contributed by atoms with Crippen LogP contribution in [-0.2, 0) is 16.0 Å². The second-order valence-corrected chi connectivity index (χ2v) is 13.5. The number of anilines is 1. The molecule has 0 spiro atoms. The lowest BCUT2D eigenvalue weighted by molar-refractivity contribution is -0.130. The van der Waals surface area contributed by atoms with Gasteiger partial charge in [-0.3, -0.25) is 14.4 Å². The molecule has 0 unspecified atom stereocenters. The van der Waals surface area contributed by atoms with Crippen LogP contribution in [0.2, 0.25) is 0 Å². The van der Waals surface area contributed by atoms with E-state index in [0.29, 0.717) is 43.0 Å². The van der Waals surface area contributed by atoms with Gasteiger partial charge in [0, 0.05) is 48.8 Å². The summed E-state index contributed by atoms with van der Waals surface area (Å²) in [6.07, 6.45) is 4.38. The molecule has 1 aromatic heterocycles. The lowest BCUT2D eigenvalue weighted by atomic mass is 9.81. The number of H-pyrrole nitrogens is 1. The number of carbonyl (C=O) groups is 4. The van der Waals surface area contributed by atoms with Gasteiger partial charge < -0.3 is 31.3 Å². The molecule has 1 aliphatic heterocycles. The van der Waals surface area contributed by atoms with Crippen molar-refractivity contribution in [2.75, 3.05) is 38.0 Å².